The van der Waals surface area contributed by atoms with Crippen LogP contribution in [0.2, 0.25) is 0 Å². The van der Waals surface area contributed by atoms with E-state index < -0.39 is 40.9 Å². The number of hydrogen-bond acceptors (Lipinski definition) is 7. The lowest BCUT2D eigenvalue weighted by molar-refractivity contribution is -0.221. The van der Waals surface area contributed by atoms with Crippen LogP contribution in [0, 0.1) is 11.8 Å². The molecule has 1 aromatic carbocycles. The third-order valence-electron chi connectivity index (χ3n) is 5.84. The van der Waals surface area contributed by atoms with E-state index in [0.717, 1.165) is 5.56 Å². The lowest BCUT2D eigenvalue weighted by Gasteiger charge is -2.58. The smallest absolute Gasteiger partial charge is 0.373 e. The molecule has 3 saturated heterocycles. The van der Waals surface area contributed by atoms with Crippen molar-refractivity contribution in [2.45, 2.75) is 56.0 Å². The Morgan fingerprint density at radius 3 is 2.68 bits per heavy atom. The van der Waals surface area contributed by atoms with Crippen molar-refractivity contribution in [1.29, 1.82) is 0 Å². The second-order valence-electron chi connectivity index (χ2n) is 8.62. The zero-order valence-electron chi connectivity index (χ0n) is 17.7. The fraction of sp³-hybridized carbons (Fsp3) is 0.545. The number of carbonyl (C=O) groups is 4. The normalized spacial score (nSPS) is 31.4. The van der Waals surface area contributed by atoms with Crippen molar-refractivity contribution in [3.63, 3.8) is 0 Å². The van der Waals surface area contributed by atoms with E-state index in [1.807, 2.05) is 51.1 Å². The summed E-state index contributed by atoms with van der Waals surface area (Å²) < 4.78 is 11.0. The molecule has 9 heteroatoms. The summed E-state index contributed by atoms with van der Waals surface area (Å²) in [4.78, 5) is 52.2. The van der Waals surface area contributed by atoms with E-state index in [-0.39, 0.29) is 36.5 Å². The molecule has 0 bridgehead atoms. The highest BCUT2D eigenvalue weighted by atomic mass is 32.2. The summed E-state index contributed by atoms with van der Waals surface area (Å²) in [6, 6.07) is 8.46. The first kappa shape index (κ1) is 21.7. The number of carbonyl (C=O) groups excluding carboxylic acids is 4. The summed E-state index contributed by atoms with van der Waals surface area (Å²) in [6.07, 6.45) is 0.198. The van der Waals surface area contributed by atoms with Gasteiger partial charge in [0.25, 0.3) is 11.6 Å². The fourth-order valence-corrected chi connectivity index (χ4v) is 6.00. The van der Waals surface area contributed by atoms with Crippen molar-refractivity contribution in [2.75, 3.05) is 6.61 Å². The summed E-state index contributed by atoms with van der Waals surface area (Å²) >= 11 is 1.47. The van der Waals surface area contributed by atoms with Crippen LogP contribution in [0.1, 0.15) is 32.8 Å². The maximum absolute atomic E-state index is 13.1. The van der Waals surface area contributed by atoms with E-state index in [1.54, 1.807) is 0 Å². The molecule has 0 radical (unpaired) electrons. The average molecular weight is 447 g/mol. The number of rotatable bonds is 6. The van der Waals surface area contributed by atoms with Gasteiger partial charge < -0.3 is 14.8 Å². The Hall–Kier alpha value is -2.55. The summed E-state index contributed by atoms with van der Waals surface area (Å²) in [5.74, 6) is -2.35. The molecular weight excluding hydrogens is 420 g/mol. The van der Waals surface area contributed by atoms with Crippen molar-refractivity contribution in [3.8, 4) is 0 Å². The van der Waals surface area contributed by atoms with Crippen LogP contribution in [0.3, 0.4) is 0 Å². The molecule has 31 heavy (non-hydrogen) atoms. The van der Waals surface area contributed by atoms with Crippen LogP contribution in [0.4, 0.5) is 0 Å². The van der Waals surface area contributed by atoms with Gasteiger partial charge in [-0.2, -0.15) is 0 Å². The van der Waals surface area contributed by atoms with Gasteiger partial charge in [0.1, 0.15) is 11.4 Å². The molecule has 3 heterocycles. The summed E-state index contributed by atoms with van der Waals surface area (Å²) in [5, 5.41) is 2.15. The van der Waals surface area contributed by atoms with Crippen LogP contribution in [0.25, 0.3) is 0 Å². The highest BCUT2D eigenvalue weighted by Crippen LogP contribution is 2.54. The van der Waals surface area contributed by atoms with Crippen LogP contribution in [-0.2, 0) is 35.1 Å². The van der Waals surface area contributed by atoms with Gasteiger partial charge >= 0.3 is 11.9 Å². The third kappa shape index (κ3) is 3.69. The summed E-state index contributed by atoms with van der Waals surface area (Å²) in [7, 11) is 0. The third-order valence-corrected chi connectivity index (χ3v) is 7.36. The lowest BCUT2D eigenvalue weighted by Crippen LogP contribution is -2.81. The minimum absolute atomic E-state index is 0.0481. The maximum atomic E-state index is 13.1. The molecule has 0 aliphatic carbocycles. The highest BCUT2D eigenvalue weighted by molar-refractivity contribution is 8.00. The predicted octanol–water partition coefficient (Wildman–Crippen LogP) is 1.48. The molecule has 1 N–H and O–H groups in total. The standard InChI is InChI=1S/C22H26N2O6S/c1-12(2)11-29-21(28)22-15(10-17(26)30-22)13(3)31-20-18(19(27)24(20)22)23-16(25)9-14-7-5-4-6-8-14/h4-8,12-13,15,18,20H,9-11H2,1-3H3,(H,23,25)/t13-,15+,18-,20-,22-/m1/s1. The molecule has 0 aromatic heterocycles. The highest BCUT2D eigenvalue weighted by Gasteiger charge is 2.73. The number of nitrogens with one attached hydrogen (secondary N) is 1. The Balaban J connectivity index is 1.54. The number of esters is 2. The van der Waals surface area contributed by atoms with E-state index >= 15 is 0 Å². The molecular formula is C22H26N2O6S. The Morgan fingerprint density at radius 1 is 1.29 bits per heavy atom. The zero-order valence-corrected chi connectivity index (χ0v) is 18.5. The summed E-state index contributed by atoms with van der Waals surface area (Å²) in [6.45, 7) is 5.87. The van der Waals surface area contributed by atoms with Crippen molar-refractivity contribution >= 4 is 35.5 Å². The van der Waals surface area contributed by atoms with Gasteiger partial charge in [-0.15, -0.1) is 11.8 Å². The first-order valence-corrected chi connectivity index (χ1v) is 11.4. The number of benzene rings is 1. The van der Waals surface area contributed by atoms with E-state index in [4.69, 9.17) is 9.47 Å². The minimum atomic E-state index is -1.75. The molecule has 166 valence electrons. The number of β-lactam (4-membered cyclic amide) rings is 1. The molecule has 4 rings (SSSR count). The Bertz CT molecular complexity index is 907. The number of fused-ring (bicyclic) bond motifs is 3. The van der Waals surface area contributed by atoms with E-state index in [1.165, 1.54) is 16.7 Å². The number of thioether (sulfide) groups is 1. The quantitative estimate of drug-likeness (QED) is 0.522. The van der Waals surface area contributed by atoms with Crippen molar-refractivity contribution in [3.05, 3.63) is 35.9 Å². The van der Waals surface area contributed by atoms with Gasteiger partial charge in [0.05, 0.1) is 25.4 Å². The van der Waals surface area contributed by atoms with Gasteiger partial charge in [-0.05, 0) is 11.5 Å². The molecule has 3 fully saturated rings. The van der Waals surface area contributed by atoms with Crippen molar-refractivity contribution in [2.24, 2.45) is 11.8 Å². The van der Waals surface area contributed by atoms with Gasteiger partial charge in [-0.25, -0.2) is 4.79 Å². The largest absolute Gasteiger partial charge is 0.461 e. The monoisotopic (exact) mass is 446 g/mol. The Morgan fingerprint density at radius 2 is 2.00 bits per heavy atom. The van der Waals surface area contributed by atoms with Crippen molar-refractivity contribution < 1.29 is 28.7 Å². The Kier molecular flexibility index (Phi) is 5.72. The first-order valence-electron chi connectivity index (χ1n) is 10.4. The number of amides is 2. The molecule has 0 saturated carbocycles. The van der Waals surface area contributed by atoms with Crippen LogP contribution >= 0.6 is 11.8 Å². The van der Waals surface area contributed by atoms with Gasteiger partial charge in [0.15, 0.2) is 0 Å². The van der Waals surface area contributed by atoms with E-state index in [0.29, 0.717) is 0 Å². The van der Waals surface area contributed by atoms with E-state index in [2.05, 4.69) is 5.32 Å². The molecule has 3 aliphatic rings. The van der Waals surface area contributed by atoms with Gasteiger partial charge in [-0.3, -0.25) is 19.3 Å². The molecule has 1 aromatic rings. The summed E-state index contributed by atoms with van der Waals surface area (Å²) in [5.41, 5.74) is -0.911. The first-order chi connectivity index (χ1) is 14.7. The van der Waals surface area contributed by atoms with Gasteiger partial charge in [0, 0.05) is 5.25 Å². The minimum Gasteiger partial charge on any atom is -0.461 e. The molecule has 0 unspecified atom stereocenters. The van der Waals surface area contributed by atoms with Crippen molar-refractivity contribution in [1.82, 2.24) is 10.2 Å². The SMILES string of the molecule is CC(C)COC(=O)[C@]12OC(=O)C[C@H]1[C@@H](C)S[C@@H]1[C@H](NC(=O)Cc3ccccc3)C(=O)N12. The molecule has 3 aliphatic heterocycles. The van der Waals surface area contributed by atoms with Gasteiger partial charge in [0.2, 0.25) is 5.91 Å². The van der Waals surface area contributed by atoms with Crippen LogP contribution in [0.15, 0.2) is 30.3 Å². The fourth-order valence-electron chi connectivity index (χ4n) is 4.37. The van der Waals surface area contributed by atoms with Gasteiger partial charge in [-0.1, -0.05) is 51.1 Å². The predicted molar refractivity (Wildman–Crippen MR) is 112 cm³/mol. The number of hydrogen-bond donors (Lipinski definition) is 1. The van der Waals surface area contributed by atoms with Crippen LogP contribution < -0.4 is 5.32 Å². The topological polar surface area (TPSA) is 102 Å². The second kappa shape index (κ2) is 8.18. The second-order valence-corrected chi connectivity index (χ2v) is 10.1. The maximum Gasteiger partial charge on any atom is 0.373 e. The van der Waals surface area contributed by atoms with Crippen LogP contribution in [0.5, 0.6) is 0 Å². The molecule has 8 nitrogen and oxygen atoms in total. The van der Waals surface area contributed by atoms with E-state index in [9.17, 15) is 19.2 Å². The molecule has 0 spiro atoms. The molecule has 5 atom stereocenters. The zero-order chi connectivity index (χ0) is 22.3. The van der Waals surface area contributed by atoms with Crippen LogP contribution in [-0.4, -0.2) is 57.7 Å². The average Bonchev–Trinajstić information content (AvgIpc) is 3.09. The molecule has 2 amide bonds. The lowest BCUT2D eigenvalue weighted by atomic mass is 9.86. The number of ether oxygens (including phenoxy) is 2. The Labute approximate surface area is 185 Å². The number of nitrogens with zero attached hydrogens (tertiary/aromatic N) is 1.